The summed E-state index contributed by atoms with van der Waals surface area (Å²) < 4.78 is 0. The molecule has 4 aromatic carbocycles. The molecule has 7 aromatic rings. The lowest BCUT2D eigenvalue weighted by Gasteiger charge is -2.06. The molecule has 3 heterocycles. The summed E-state index contributed by atoms with van der Waals surface area (Å²) in [5.74, 6) is 0. The van der Waals surface area contributed by atoms with Crippen molar-refractivity contribution in [3.8, 4) is 44.5 Å². The van der Waals surface area contributed by atoms with Crippen LogP contribution in [0.15, 0.2) is 134 Å². The number of benzene rings is 4. The average molecular weight is 474 g/mol. The summed E-state index contributed by atoms with van der Waals surface area (Å²) in [4.78, 5) is 12.2. The number of nitrogens with one attached hydrogen (secondary N) is 1. The number of rotatable bonds is 4. The molecular formula is C34H23N3. The fraction of sp³-hybridized carbons (Fsp3) is 0. The van der Waals surface area contributed by atoms with Gasteiger partial charge < -0.3 is 4.98 Å². The Morgan fingerprint density at radius 1 is 0.378 bits per heavy atom. The van der Waals surface area contributed by atoms with Crippen molar-refractivity contribution < 1.29 is 0 Å². The molecule has 0 fully saturated rings. The second kappa shape index (κ2) is 8.89. The van der Waals surface area contributed by atoms with E-state index in [0.29, 0.717) is 0 Å². The maximum Gasteiger partial charge on any atom is 0.0471 e. The molecule has 0 spiro atoms. The van der Waals surface area contributed by atoms with E-state index < -0.39 is 0 Å². The Labute approximate surface area is 215 Å². The van der Waals surface area contributed by atoms with Gasteiger partial charge in [-0.1, -0.05) is 72.8 Å². The van der Waals surface area contributed by atoms with Gasteiger partial charge in [-0.15, -0.1) is 0 Å². The minimum atomic E-state index is 1.12. The van der Waals surface area contributed by atoms with Gasteiger partial charge >= 0.3 is 0 Å². The molecule has 0 aliphatic rings. The van der Waals surface area contributed by atoms with E-state index in [1.165, 1.54) is 44.2 Å². The second-order valence-electron chi connectivity index (χ2n) is 9.29. The first-order valence-corrected chi connectivity index (χ1v) is 12.4. The molecule has 0 amide bonds. The van der Waals surface area contributed by atoms with E-state index in [1.54, 1.807) is 12.4 Å². The van der Waals surface area contributed by atoms with Crippen LogP contribution in [0.1, 0.15) is 0 Å². The maximum atomic E-state index is 4.27. The van der Waals surface area contributed by atoms with Gasteiger partial charge in [-0.3, -0.25) is 9.97 Å². The zero-order valence-electron chi connectivity index (χ0n) is 20.1. The molecule has 0 unspecified atom stereocenters. The highest BCUT2D eigenvalue weighted by molar-refractivity contribution is 6.09. The van der Waals surface area contributed by atoms with E-state index in [4.69, 9.17) is 0 Å². The molecule has 0 aliphatic carbocycles. The number of aromatic nitrogens is 3. The molecule has 7 rings (SSSR count). The molecule has 174 valence electrons. The topological polar surface area (TPSA) is 41.6 Å². The lowest BCUT2D eigenvalue weighted by atomic mass is 9.98. The second-order valence-corrected chi connectivity index (χ2v) is 9.29. The highest BCUT2D eigenvalue weighted by Crippen LogP contribution is 2.34. The number of pyridine rings is 2. The zero-order valence-corrected chi connectivity index (χ0v) is 20.1. The summed E-state index contributed by atoms with van der Waals surface area (Å²) in [6.45, 7) is 0. The standard InChI is InChI=1S/C34H23N3/c1-5-23(17-25(7-1)29-9-3-15-35-21-29)27-11-13-31-32-14-12-28(20-34(32)37-33(31)19-27)24-6-2-8-26(18-24)30-10-4-16-36-22-30/h1-22,37H. The molecular weight excluding hydrogens is 450 g/mol. The van der Waals surface area contributed by atoms with Gasteiger partial charge in [0.15, 0.2) is 0 Å². The Morgan fingerprint density at radius 2 is 0.784 bits per heavy atom. The molecule has 3 nitrogen and oxygen atoms in total. The van der Waals surface area contributed by atoms with Crippen molar-refractivity contribution in [1.29, 1.82) is 0 Å². The van der Waals surface area contributed by atoms with Crippen LogP contribution in [0.2, 0.25) is 0 Å². The van der Waals surface area contributed by atoms with Crippen molar-refractivity contribution in [3.63, 3.8) is 0 Å². The van der Waals surface area contributed by atoms with Gasteiger partial charge in [0.1, 0.15) is 0 Å². The molecule has 0 aliphatic heterocycles. The number of hydrogen-bond acceptors (Lipinski definition) is 2. The molecule has 0 radical (unpaired) electrons. The van der Waals surface area contributed by atoms with Crippen LogP contribution in [-0.2, 0) is 0 Å². The quantitative estimate of drug-likeness (QED) is 0.277. The number of nitrogens with zero attached hydrogens (tertiary/aromatic N) is 2. The summed E-state index contributed by atoms with van der Waals surface area (Å²) in [5.41, 5.74) is 11.6. The number of aromatic amines is 1. The van der Waals surface area contributed by atoms with Crippen LogP contribution in [-0.4, -0.2) is 15.0 Å². The van der Waals surface area contributed by atoms with E-state index in [0.717, 1.165) is 22.2 Å². The highest BCUT2D eigenvalue weighted by Gasteiger charge is 2.09. The predicted octanol–water partition coefficient (Wildman–Crippen LogP) is 8.78. The fourth-order valence-corrected chi connectivity index (χ4v) is 5.09. The van der Waals surface area contributed by atoms with Crippen LogP contribution in [0.25, 0.3) is 66.3 Å². The van der Waals surface area contributed by atoms with Crippen molar-refractivity contribution in [2.24, 2.45) is 0 Å². The first-order valence-electron chi connectivity index (χ1n) is 12.4. The highest BCUT2D eigenvalue weighted by atomic mass is 14.7. The molecule has 0 bridgehead atoms. The summed E-state index contributed by atoms with van der Waals surface area (Å²) in [6, 6.07) is 38.8. The van der Waals surface area contributed by atoms with Crippen molar-refractivity contribution in [1.82, 2.24) is 15.0 Å². The predicted molar refractivity (Wildman–Crippen MR) is 153 cm³/mol. The molecule has 1 N–H and O–H groups in total. The van der Waals surface area contributed by atoms with Gasteiger partial charge in [0.2, 0.25) is 0 Å². The summed E-state index contributed by atoms with van der Waals surface area (Å²) in [6.07, 6.45) is 7.42. The van der Waals surface area contributed by atoms with Crippen LogP contribution in [0.4, 0.5) is 0 Å². The van der Waals surface area contributed by atoms with Gasteiger partial charge in [0, 0.05) is 57.7 Å². The third kappa shape index (κ3) is 3.97. The third-order valence-corrected chi connectivity index (χ3v) is 6.98. The number of H-pyrrole nitrogens is 1. The van der Waals surface area contributed by atoms with Crippen molar-refractivity contribution >= 4 is 21.8 Å². The Kier molecular flexibility index (Phi) is 5.11. The van der Waals surface area contributed by atoms with Gasteiger partial charge in [0.05, 0.1) is 0 Å². The zero-order chi connectivity index (χ0) is 24.6. The Bertz CT molecular complexity index is 1730. The largest absolute Gasteiger partial charge is 0.354 e. The number of hydrogen-bond donors (Lipinski definition) is 1. The van der Waals surface area contributed by atoms with Gasteiger partial charge in [-0.05, 0) is 69.8 Å². The minimum Gasteiger partial charge on any atom is -0.354 e. The molecule has 3 aromatic heterocycles. The van der Waals surface area contributed by atoms with Crippen LogP contribution in [0.3, 0.4) is 0 Å². The Hall–Kier alpha value is -5.02. The van der Waals surface area contributed by atoms with Gasteiger partial charge in [0.25, 0.3) is 0 Å². The average Bonchev–Trinajstić information content (AvgIpc) is 3.35. The van der Waals surface area contributed by atoms with Crippen molar-refractivity contribution in [2.75, 3.05) is 0 Å². The summed E-state index contributed by atoms with van der Waals surface area (Å²) >= 11 is 0. The molecule has 0 atom stereocenters. The first-order chi connectivity index (χ1) is 18.3. The molecule has 3 heteroatoms. The van der Waals surface area contributed by atoms with Gasteiger partial charge in [-0.2, -0.15) is 0 Å². The van der Waals surface area contributed by atoms with E-state index in [1.807, 2.05) is 24.5 Å². The normalized spacial score (nSPS) is 11.2. The van der Waals surface area contributed by atoms with Crippen molar-refractivity contribution in [3.05, 3.63) is 134 Å². The fourth-order valence-electron chi connectivity index (χ4n) is 5.09. The summed E-state index contributed by atoms with van der Waals surface area (Å²) in [5, 5.41) is 2.47. The van der Waals surface area contributed by atoms with E-state index >= 15 is 0 Å². The third-order valence-electron chi connectivity index (χ3n) is 6.98. The molecule has 0 saturated carbocycles. The van der Waals surface area contributed by atoms with Gasteiger partial charge in [-0.25, -0.2) is 0 Å². The lowest BCUT2D eigenvalue weighted by Crippen LogP contribution is -1.82. The van der Waals surface area contributed by atoms with Crippen LogP contribution < -0.4 is 0 Å². The van der Waals surface area contributed by atoms with Crippen LogP contribution in [0.5, 0.6) is 0 Å². The van der Waals surface area contributed by atoms with Crippen LogP contribution in [0, 0.1) is 0 Å². The maximum absolute atomic E-state index is 4.27. The monoisotopic (exact) mass is 473 g/mol. The Morgan fingerprint density at radius 3 is 1.22 bits per heavy atom. The lowest BCUT2D eigenvalue weighted by molar-refractivity contribution is 1.33. The Balaban J connectivity index is 1.27. The SMILES string of the molecule is c1cncc(-c2cccc(-c3ccc4c(c3)[nH]c3cc(-c5cccc(-c6cccnc6)c5)ccc34)c2)c1. The molecule has 0 saturated heterocycles. The van der Waals surface area contributed by atoms with E-state index in [9.17, 15) is 0 Å². The molecule has 37 heavy (non-hydrogen) atoms. The van der Waals surface area contributed by atoms with E-state index in [2.05, 4.69) is 112 Å². The van der Waals surface area contributed by atoms with Crippen LogP contribution >= 0.6 is 0 Å². The summed E-state index contributed by atoms with van der Waals surface area (Å²) in [7, 11) is 0. The number of fused-ring (bicyclic) bond motifs is 3. The first kappa shape index (κ1) is 21.3. The van der Waals surface area contributed by atoms with Crippen molar-refractivity contribution in [2.45, 2.75) is 0 Å². The smallest absolute Gasteiger partial charge is 0.0471 e. The van der Waals surface area contributed by atoms with E-state index in [-0.39, 0.29) is 0 Å². The minimum absolute atomic E-state index is 1.12.